The van der Waals surface area contributed by atoms with Crippen molar-refractivity contribution < 1.29 is 9.52 Å². The van der Waals surface area contributed by atoms with Crippen molar-refractivity contribution in [2.75, 3.05) is 11.9 Å². The summed E-state index contributed by atoms with van der Waals surface area (Å²) in [7, 11) is 0. The summed E-state index contributed by atoms with van der Waals surface area (Å²) in [6.45, 7) is 1.47. The van der Waals surface area contributed by atoms with Crippen LogP contribution < -0.4 is 11.1 Å². The molecule has 0 bridgehead atoms. The van der Waals surface area contributed by atoms with Crippen LogP contribution >= 0.6 is 11.3 Å². The van der Waals surface area contributed by atoms with Crippen LogP contribution in [0.5, 0.6) is 0 Å². The number of imidazole rings is 1. The third-order valence-electron chi connectivity index (χ3n) is 3.98. The first kappa shape index (κ1) is 16.7. The molecule has 0 amide bonds. The van der Waals surface area contributed by atoms with Gasteiger partial charge in [0.25, 0.3) is 0 Å². The Balaban J connectivity index is 1.50. The highest BCUT2D eigenvalue weighted by molar-refractivity contribution is 7.18. The van der Waals surface area contributed by atoms with Crippen LogP contribution in [0.4, 0.5) is 5.13 Å². The highest BCUT2D eigenvalue weighted by atomic mass is 32.1. The predicted molar refractivity (Wildman–Crippen MR) is 99.6 cm³/mol. The molecule has 1 unspecified atom stereocenters. The van der Waals surface area contributed by atoms with Crippen molar-refractivity contribution in [2.24, 2.45) is 5.73 Å². The topological polar surface area (TPSA) is 115 Å². The Morgan fingerprint density at radius 1 is 1.31 bits per heavy atom. The zero-order chi connectivity index (χ0) is 17.9. The first-order chi connectivity index (χ1) is 12.7. The lowest BCUT2D eigenvalue weighted by atomic mass is 10.1. The lowest BCUT2D eigenvalue weighted by molar-refractivity contribution is 0.208. The van der Waals surface area contributed by atoms with Gasteiger partial charge in [0.15, 0.2) is 17.0 Å². The van der Waals surface area contributed by atoms with Crippen LogP contribution in [0.2, 0.25) is 0 Å². The van der Waals surface area contributed by atoms with E-state index in [2.05, 4.69) is 25.1 Å². The molecule has 1 aromatic carbocycles. The molecule has 0 spiro atoms. The summed E-state index contributed by atoms with van der Waals surface area (Å²) >= 11 is 1.31. The quantitative estimate of drug-likeness (QED) is 0.428. The Labute approximate surface area is 153 Å². The molecule has 26 heavy (non-hydrogen) atoms. The van der Waals surface area contributed by atoms with Crippen molar-refractivity contribution in [1.29, 1.82) is 0 Å². The lowest BCUT2D eigenvalue weighted by Crippen LogP contribution is -2.09. The van der Waals surface area contributed by atoms with Crippen LogP contribution in [-0.4, -0.2) is 31.4 Å². The average molecular weight is 370 g/mol. The van der Waals surface area contributed by atoms with Gasteiger partial charge in [0, 0.05) is 12.1 Å². The molecule has 0 saturated heterocycles. The van der Waals surface area contributed by atoms with Gasteiger partial charge >= 0.3 is 0 Å². The predicted octanol–water partition coefficient (Wildman–Crippen LogP) is 2.60. The van der Waals surface area contributed by atoms with E-state index >= 15 is 0 Å². The number of anilines is 1. The third-order valence-corrected chi connectivity index (χ3v) is 4.85. The summed E-state index contributed by atoms with van der Waals surface area (Å²) in [4.78, 5) is 4.41. The van der Waals surface area contributed by atoms with Gasteiger partial charge in [0.1, 0.15) is 0 Å². The molecule has 0 aliphatic carbocycles. The molecule has 8 nitrogen and oxygen atoms in total. The van der Waals surface area contributed by atoms with Crippen molar-refractivity contribution in [3.05, 3.63) is 48.5 Å². The van der Waals surface area contributed by atoms with Gasteiger partial charge in [-0.25, -0.2) is 4.98 Å². The molecular weight excluding hydrogens is 352 g/mol. The van der Waals surface area contributed by atoms with Gasteiger partial charge in [0.05, 0.1) is 23.6 Å². The van der Waals surface area contributed by atoms with E-state index in [1.54, 1.807) is 18.7 Å². The van der Waals surface area contributed by atoms with E-state index in [1.807, 2.05) is 24.3 Å². The SMILES string of the molecule is NCCCn1cnc2cc(C(O)Nc3nnc(-c4ccco4)s3)ccc21. The summed E-state index contributed by atoms with van der Waals surface area (Å²) < 4.78 is 7.36. The molecule has 4 rings (SSSR count). The second kappa shape index (κ2) is 7.24. The molecule has 0 fully saturated rings. The van der Waals surface area contributed by atoms with Gasteiger partial charge < -0.3 is 25.1 Å². The molecule has 0 aliphatic heterocycles. The molecular formula is C17H18N6O2S. The van der Waals surface area contributed by atoms with E-state index in [0.29, 0.717) is 28.0 Å². The Morgan fingerprint density at radius 2 is 2.23 bits per heavy atom. The summed E-state index contributed by atoms with van der Waals surface area (Å²) in [5.74, 6) is 0.648. The standard InChI is InChI=1S/C17H18N6O2S/c18-6-2-7-23-10-19-12-9-11(4-5-13(12)23)15(24)20-17-22-21-16(26-17)14-3-1-8-25-14/h1,3-5,8-10,15,24H,2,6-7,18H2,(H,20,22). The van der Waals surface area contributed by atoms with Crippen LogP contribution in [-0.2, 0) is 6.54 Å². The second-order valence-electron chi connectivity index (χ2n) is 5.76. The molecule has 1 atom stereocenters. The molecule has 134 valence electrons. The third kappa shape index (κ3) is 3.32. The number of aromatic nitrogens is 4. The van der Waals surface area contributed by atoms with E-state index < -0.39 is 6.23 Å². The number of rotatable bonds is 7. The van der Waals surface area contributed by atoms with E-state index in [1.165, 1.54) is 11.3 Å². The van der Waals surface area contributed by atoms with Crippen molar-refractivity contribution in [3.63, 3.8) is 0 Å². The second-order valence-corrected chi connectivity index (χ2v) is 6.74. The van der Waals surface area contributed by atoms with Crippen LogP contribution in [0.25, 0.3) is 21.8 Å². The number of nitrogens with zero attached hydrogens (tertiary/aromatic N) is 4. The van der Waals surface area contributed by atoms with Gasteiger partial charge in [-0.15, -0.1) is 10.2 Å². The number of nitrogens with one attached hydrogen (secondary N) is 1. The number of hydrogen-bond acceptors (Lipinski definition) is 8. The van der Waals surface area contributed by atoms with E-state index in [0.717, 1.165) is 24.0 Å². The molecule has 0 aliphatic rings. The molecule has 3 heterocycles. The maximum absolute atomic E-state index is 10.5. The summed E-state index contributed by atoms with van der Waals surface area (Å²) in [5, 5.41) is 22.7. The van der Waals surface area contributed by atoms with Gasteiger partial charge in [0.2, 0.25) is 5.13 Å². The molecule has 4 N–H and O–H groups in total. The van der Waals surface area contributed by atoms with Crippen molar-refractivity contribution in [1.82, 2.24) is 19.7 Å². The van der Waals surface area contributed by atoms with Crippen LogP contribution in [0, 0.1) is 0 Å². The maximum atomic E-state index is 10.5. The minimum Gasteiger partial charge on any atom is -0.462 e. The fourth-order valence-electron chi connectivity index (χ4n) is 2.67. The van der Waals surface area contributed by atoms with Crippen molar-refractivity contribution in [3.8, 4) is 10.8 Å². The number of aryl methyl sites for hydroxylation is 1. The van der Waals surface area contributed by atoms with Gasteiger partial charge in [-0.3, -0.25) is 0 Å². The molecule has 9 heteroatoms. The lowest BCUT2D eigenvalue weighted by Gasteiger charge is -2.12. The Bertz CT molecular complexity index is 994. The number of nitrogens with two attached hydrogens (primary N) is 1. The molecule has 3 aromatic heterocycles. The molecule has 0 radical (unpaired) electrons. The zero-order valence-corrected chi connectivity index (χ0v) is 14.7. The number of furan rings is 1. The Kier molecular flexibility index (Phi) is 4.65. The maximum Gasteiger partial charge on any atom is 0.208 e. The number of aliphatic hydroxyl groups excluding tert-OH is 1. The zero-order valence-electron chi connectivity index (χ0n) is 13.9. The normalized spacial score (nSPS) is 12.5. The monoisotopic (exact) mass is 370 g/mol. The van der Waals surface area contributed by atoms with Gasteiger partial charge in [-0.1, -0.05) is 17.4 Å². The Hall–Kier alpha value is -2.75. The van der Waals surface area contributed by atoms with E-state index in [4.69, 9.17) is 10.2 Å². The Morgan fingerprint density at radius 3 is 3.04 bits per heavy atom. The molecule has 0 saturated carbocycles. The number of fused-ring (bicyclic) bond motifs is 1. The van der Waals surface area contributed by atoms with Crippen LogP contribution in [0.3, 0.4) is 0 Å². The van der Waals surface area contributed by atoms with Crippen molar-refractivity contribution in [2.45, 2.75) is 19.2 Å². The van der Waals surface area contributed by atoms with Crippen LogP contribution in [0.1, 0.15) is 18.2 Å². The number of benzene rings is 1. The summed E-state index contributed by atoms with van der Waals surface area (Å²) in [6, 6.07) is 9.29. The molecule has 4 aromatic rings. The number of aliphatic hydroxyl groups is 1. The highest BCUT2D eigenvalue weighted by Crippen LogP contribution is 2.29. The fraction of sp³-hybridized carbons (Fsp3) is 0.235. The smallest absolute Gasteiger partial charge is 0.208 e. The van der Waals surface area contributed by atoms with Gasteiger partial charge in [-0.05, 0) is 37.2 Å². The first-order valence-corrected chi connectivity index (χ1v) is 9.03. The van der Waals surface area contributed by atoms with E-state index in [9.17, 15) is 5.11 Å². The fourth-order valence-corrected chi connectivity index (χ4v) is 3.41. The minimum atomic E-state index is -0.911. The van der Waals surface area contributed by atoms with Crippen molar-refractivity contribution >= 4 is 27.5 Å². The number of hydrogen-bond donors (Lipinski definition) is 3. The van der Waals surface area contributed by atoms with E-state index in [-0.39, 0.29) is 0 Å². The average Bonchev–Trinajstić information content (AvgIpc) is 3.39. The van der Waals surface area contributed by atoms with Crippen LogP contribution in [0.15, 0.2) is 47.3 Å². The largest absolute Gasteiger partial charge is 0.462 e. The first-order valence-electron chi connectivity index (χ1n) is 8.21. The summed E-state index contributed by atoms with van der Waals surface area (Å²) in [5.41, 5.74) is 8.12. The van der Waals surface area contributed by atoms with Gasteiger partial charge in [-0.2, -0.15) is 0 Å². The summed E-state index contributed by atoms with van der Waals surface area (Å²) in [6.07, 6.45) is 3.36. The minimum absolute atomic E-state index is 0.512. The highest BCUT2D eigenvalue weighted by Gasteiger charge is 2.14.